The molecule has 1 N–H and O–H groups in total. The molecule has 0 aromatic carbocycles. The number of ether oxygens (including phenoxy) is 2. The highest BCUT2D eigenvalue weighted by molar-refractivity contribution is 7.89. The number of carbonyl (C=O) groups is 2. The number of nitrogens with one attached hydrogen (secondary N) is 1. The fourth-order valence-electron chi connectivity index (χ4n) is 2.31. The van der Waals surface area contributed by atoms with Gasteiger partial charge in [-0.15, -0.1) is 0 Å². The first-order valence-corrected chi connectivity index (χ1v) is 8.92. The average molecular weight is 359 g/mol. The van der Waals surface area contributed by atoms with Crippen LogP contribution in [-0.4, -0.2) is 69.2 Å². The Balaban J connectivity index is 2.08. The number of aromatic nitrogens is 1. The van der Waals surface area contributed by atoms with Crippen molar-refractivity contribution in [2.75, 3.05) is 33.4 Å². The zero-order valence-corrected chi connectivity index (χ0v) is 14.6. The van der Waals surface area contributed by atoms with Gasteiger partial charge in [-0.1, -0.05) is 0 Å². The van der Waals surface area contributed by atoms with Crippen LogP contribution < -0.4 is 4.72 Å². The molecule has 134 valence electrons. The van der Waals surface area contributed by atoms with Crippen molar-refractivity contribution in [3.63, 3.8) is 0 Å². The quantitative estimate of drug-likeness (QED) is 0.699. The molecule has 1 aliphatic heterocycles. The molecule has 1 fully saturated rings. The van der Waals surface area contributed by atoms with Crippen LogP contribution in [0.3, 0.4) is 0 Å². The van der Waals surface area contributed by atoms with Crippen LogP contribution >= 0.6 is 0 Å². The number of hydrogen-bond acceptors (Lipinski definition) is 6. The topological polar surface area (TPSA) is 107 Å². The molecule has 0 radical (unpaired) electrons. The first-order valence-electron chi connectivity index (χ1n) is 7.43. The van der Waals surface area contributed by atoms with Gasteiger partial charge in [0.2, 0.25) is 10.0 Å². The second kappa shape index (κ2) is 7.32. The van der Waals surface area contributed by atoms with Crippen LogP contribution in [0.1, 0.15) is 17.4 Å². The molecule has 1 aliphatic rings. The molecule has 0 aliphatic carbocycles. The summed E-state index contributed by atoms with van der Waals surface area (Å²) in [5.41, 5.74) is 0.0467. The number of nitrogens with zero attached hydrogens (tertiary/aromatic N) is 2. The zero-order chi connectivity index (χ0) is 17.9. The number of carbonyl (C=O) groups excluding carboxylic acids is 2. The van der Waals surface area contributed by atoms with Crippen molar-refractivity contribution in [1.29, 1.82) is 0 Å². The van der Waals surface area contributed by atoms with E-state index in [1.54, 1.807) is 4.90 Å². The van der Waals surface area contributed by atoms with Crippen molar-refractivity contribution in [2.24, 2.45) is 7.05 Å². The summed E-state index contributed by atoms with van der Waals surface area (Å²) in [6.45, 7) is 3.31. The minimum Gasteiger partial charge on any atom is -0.448 e. The van der Waals surface area contributed by atoms with Crippen LogP contribution in [-0.2, 0) is 31.3 Å². The van der Waals surface area contributed by atoms with Crippen LogP contribution in [0.5, 0.6) is 0 Å². The summed E-state index contributed by atoms with van der Waals surface area (Å²) in [7, 11) is -0.854. The van der Waals surface area contributed by atoms with Gasteiger partial charge < -0.3 is 18.9 Å². The van der Waals surface area contributed by atoms with E-state index < -0.39 is 22.1 Å². The SMILES string of the molecule is CNS(=O)(=O)c1cc(C(=O)OC(C)C(=O)N2CCOCC2)n(C)c1. The summed E-state index contributed by atoms with van der Waals surface area (Å²) in [6.07, 6.45) is 0.339. The molecule has 1 aromatic rings. The summed E-state index contributed by atoms with van der Waals surface area (Å²) in [4.78, 5) is 26.0. The zero-order valence-electron chi connectivity index (χ0n) is 13.8. The summed E-state index contributed by atoms with van der Waals surface area (Å²) < 4.78 is 37.4. The van der Waals surface area contributed by atoms with Crippen molar-refractivity contribution in [3.8, 4) is 0 Å². The van der Waals surface area contributed by atoms with E-state index >= 15 is 0 Å². The van der Waals surface area contributed by atoms with Crippen LogP contribution in [0, 0.1) is 0 Å². The molecule has 2 heterocycles. The van der Waals surface area contributed by atoms with E-state index in [-0.39, 0.29) is 16.5 Å². The molecule has 1 amide bonds. The number of sulfonamides is 1. The fourth-order valence-corrected chi connectivity index (χ4v) is 3.11. The van der Waals surface area contributed by atoms with E-state index in [1.165, 1.54) is 37.8 Å². The molecule has 1 unspecified atom stereocenters. The lowest BCUT2D eigenvalue weighted by molar-refractivity contribution is -0.143. The Morgan fingerprint density at radius 1 is 1.33 bits per heavy atom. The predicted octanol–water partition coefficient (Wildman–Crippen LogP) is -0.663. The van der Waals surface area contributed by atoms with E-state index in [0.29, 0.717) is 26.3 Å². The maximum absolute atomic E-state index is 12.2. The highest BCUT2D eigenvalue weighted by atomic mass is 32.2. The van der Waals surface area contributed by atoms with Crippen LogP contribution in [0.2, 0.25) is 0 Å². The number of esters is 1. The number of amides is 1. The maximum Gasteiger partial charge on any atom is 0.355 e. The third-order valence-electron chi connectivity index (χ3n) is 3.72. The number of morpholine rings is 1. The van der Waals surface area contributed by atoms with Gasteiger partial charge in [0, 0.05) is 26.3 Å². The highest BCUT2D eigenvalue weighted by Crippen LogP contribution is 2.15. The van der Waals surface area contributed by atoms with Crippen molar-refractivity contribution >= 4 is 21.9 Å². The van der Waals surface area contributed by atoms with Gasteiger partial charge >= 0.3 is 5.97 Å². The van der Waals surface area contributed by atoms with Gasteiger partial charge in [0.05, 0.1) is 13.2 Å². The molecule has 0 saturated carbocycles. The van der Waals surface area contributed by atoms with E-state index in [2.05, 4.69) is 4.72 Å². The van der Waals surface area contributed by atoms with Crippen molar-refractivity contribution in [2.45, 2.75) is 17.9 Å². The molecular weight excluding hydrogens is 338 g/mol. The van der Waals surface area contributed by atoms with Gasteiger partial charge in [-0.2, -0.15) is 0 Å². The van der Waals surface area contributed by atoms with Gasteiger partial charge in [-0.05, 0) is 20.0 Å². The minimum absolute atomic E-state index is 0.0467. The molecule has 9 nitrogen and oxygen atoms in total. The molecule has 0 spiro atoms. The predicted molar refractivity (Wildman–Crippen MR) is 83.9 cm³/mol. The monoisotopic (exact) mass is 359 g/mol. The fraction of sp³-hybridized carbons (Fsp3) is 0.571. The van der Waals surface area contributed by atoms with Crippen molar-refractivity contribution in [1.82, 2.24) is 14.2 Å². The Labute approximate surface area is 140 Å². The van der Waals surface area contributed by atoms with E-state index in [0.717, 1.165) is 0 Å². The van der Waals surface area contributed by atoms with E-state index in [4.69, 9.17) is 9.47 Å². The number of hydrogen-bond donors (Lipinski definition) is 1. The Hall–Kier alpha value is -1.91. The first kappa shape index (κ1) is 18.4. The summed E-state index contributed by atoms with van der Waals surface area (Å²) in [5.74, 6) is -1.06. The minimum atomic E-state index is -3.66. The lowest BCUT2D eigenvalue weighted by atomic mass is 10.3. The lowest BCUT2D eigenvalue weighted by Gasteiger charge is -2.28. The van der Waals surface area contributed by atoms with Crippen LogP contribution in [0.15, 0.2) is 17.2 Å². The second-order valence-corrected chi connectivity index (χ2v) is 7.25. The van der Waals surface area contributed by atoms with Gasteiger partial charge in [-0.3, -0.25) is 4.79 Å². The molecule has 2 rings (SSSR count). The normalized spacial score (nSPS) is 16.7. The third kappa shape index (κ3) is 3.94. The smallest absolute Gasteiger partial charge is 0.355 e. The van der Waals surface area contributed by atoms with E-state index in [1.807, 2.05) is 0 Å². The molecule has 10 heteroatoms. The Kier molecular flexibility index (Phi) is 5.62. The van der Waals surface area contributed by atoms with Gasteiger partial charge in [0.1, 0.15) is 10.6 Å². The molecule has 1 aromatic heterocycles. The number of rotatable bonds is 5. The summed E-state index contributed by atoms with van der Waals surface area (Å²) in [5, 5.41) is 0. The first-order chi connectivity index (χ1) is 11.3. The second-order valence-electron chi connectivity index (χ2n) is 5.36. The Morgan fingerprint density at radius 3 is 2.54 bits per heavy atom. The van der Waals surface area contributed by atoms with Gasteiger partial charge in [-0.25, -0.2) is 17.9 Å². The van der Waals surface area contributed by atoms with Crippen LogP contribution in [0.4, 0.5) is 0 Å². The molecule has 1 atom stereocenters. The van der Waals surface area contributed by atoms with Gasteiger partial charge in [0.25, 0.3) is 5.91 Å². The summed E-state index contributed by atoms with van der Waals surface area (Å²) >= 11 is 0. The Morgan fingerprint density at radius 2 is 1.96 bits per heavy atom. The maximum atomic E-state index is 12.2. The largest absolute Gasteiger partial charge is 0.448 e. The lowest BCUT2D eigenvalue weighted by Crippen LogP contribution is -2.46. The highest BCUT2D eigenvalue weighted by Gasteiger charge is 2.27. The van der Waals surface area contributed by atoms with Crippen molar-refractivity contribution in [3.05, 3.63) is 18.0 Å². The molecular formula is C14H21N3O6S. The molecule has 0 bridgehead atoms. The van der Waals surface area contributed by atoms with Gasteiger partial charge in [0.15, 0.2) is 6.10 Å². The standard InChI is InChI=1S/C14H21N3O6S/c1-10(13(18)17-4-6-22-7-5-17)23-14(19)12-8-11(9-16(12)3)24(20,21)15-2/h8-10,15H,4-7H2,1-3H3. The molecule has 24 heavy (non-hydrogen) atoms. The van der Waals surface area contributed by atoms with Crippen LogP contribution in [0.25, 0.3) is 0 Å². The van der Waals surface area contributed by atoms with E-state index in [9.17, 15) is 18.0 Å². The Bertz CT molecular complexity index is 721. The average Bonchev–Trinajstić information content (AvgIpc) is 2.97. The number of aryl methyl sites for hydroxylation is 1. The molecule has 1 saturated heterocycles. The van der Waals surface area contributed by atoms with Crippen molar-refractivity contribution < 1.29 is 27.5 Å². The third-order valence-corrected chi connectivity index (χ3v) is 5.10. The summed E-state index contributed by atoms with van der Waals surface area (Å²) in [6, 6.07) is 1.21.